The first kappa shape index (κ1) is 8.91. The van der Waals surface area contributed by atoms with E-state index in [0.717, 1.165) is 23.2 Å². The second-order valence-electron chi connectivity index (χ2n) is 2.04. The van der Waals surface area contributed by atoms with Gasteiger partial charge < -0.3 is 10.2 Å². The van der Waals surface area contributed by atoms with Gasteiger partial charge in [0.1, 0.15) is 0 Å². The van der Waals surface area contributed by atoms with E-state index >= 15 is 0 Å². The van der Waals surface area contributed by atoms with Gasteiger partial charge in [-0.3, -0.25) is 0 Å². The molecule has 1 heterocycles. The van der Waals surface area contributed by atoms with E-state index in [9.17, 15) is 9.59 Å². The Balaban J connectivity index is 2.80. The van der Waals surface area contributed by atoms with Crippen LogP contribution < -0.4 is 0 Å². The Hall–Kier alpha value is -2.18. The predicted octanol–water partition coefficient (Wildman–Crippen LogP) is -0.468. The van der Waals surface area contributed by atoms with Crippen LogP contribution in [0.1, 0.15) is 10.5 Å². The van der Waals surface area contributed by atoms with Crippen LogP contribution in [0.2, 0.25) is 0 Å². The van der Waals surface area contributed by atoms with Crippen molar-refractivity contribution in [3.63, 3.8) is 0 Å². The predicted molar refractivity (Wildman–Crippen MR) is 39.9 cm³/mol. The molecule has 2 N–H and O–H groups in total. The molecule has 1 aromatic heterocycles. The van der Waals surface area contributed by atoms with Crippen molar-refractivity contribution in [3.05, 3.63) is 18.0 Å². The molecule has 0 bridgehead atoms. The summed E-state index contributed by atoms with van der Waals surface area (Å²) in [7, 11) is 0. The standard InChI is InChI=1S/C6H5N3O4/c10-5(11)1-2-9-3-4(6(12)13)7-8-9/h1-3H,(H,10,11)(H,12,13). The van der Waals surface area contributed by atoms with Gasteiger partial charge >= 0.3 is 11.9 Å². The lowest BCUT2D eigenvalue weighted by Crippen LogP contribution is -1.95. The summed E-state index contributed by atoms with van der Waals surface area (Å²) >= 11 is 0. The lowest BCUT2D eigenvalue weighted by molar-refractivity contribution is -0.131. The monoisotopic (exact) mass is 183 g/mol. The van der Waals surface area contributed by atoms with Crippen LogP contribution in [0.15, 0.2) is 12.3 Å². The summed E-state index contributed by atoms with van der Waals surface area (Å²) in [6.07, 6.45) is 3.00. The third kappa shape index (κ3) is 2.40. The molecule has 0 aliphatic rings. The molecule has 7 heteroatoms. The molecule has 68 valence electrons. The number of nitrogens with zero attached hydrogens (tertiary/aromatic N) is 3. The number of carbonyl (C=O) groups is 2. The molecule has 0 unspecified atom stereocenters. The fraction of sp³-hybridized carbons (Fsp3) is 0. The SMILES string of the molecule is O=C(O)C=Cn1cc(C(=O)O)nn1. The van der Waals surface area contributed by atoms with Gasteiger partial charge in [-0.25, -0.2) is 14.3 Å². The average molecular weight is 183 g/mol. The smallest absolute Gasteiger partial charge is 0.358 e. The summed E-state index contributed by atoms with van der Waals surface area (Å²) in [4.78, 5) is 20.3. The van der Waals surface area contributed by atoms with E-state index in [2.05, 4.69) is 10.3 Å². The van der Waals surface area contributed by atoms with Crippen molar-refractivity contribution in [3.8, 4) is 0 Å². The Morgan fingerprint density at radius 1 is 1.46 bits per heavy atom. The Kier molecular flexibility index (Phi) is 2.38. The van der Waals surface area contributed by atoms with Crippen LogP contribution in [-0.4, -0.2) is 37.1 Å². The largest absolute Gasteiger partial charge is 0.478 e. The van der Waals surface area contributed by atoms with Crippen molar-refractivity contribution in [2.45, 2.75) is 0 Å². The summed E-state index contributed by atoms with van der Waals surface area (Å²) in [5.74, 6) is -2.36. The van der Waals surface area contributed by atoms with E-state index in [1.54, 1.807) is 0 Å². The molecule has 0 fully saturated rings. The number of hydrogen-bond donors (Lipinski definition) is 2. The number of carboxylic acids is 2. The van der Waals surface area contributed by atoms with Crippen molar-refractivity contribution < 1.29 is 19.8 Å². The van der Waals surface area contributed by atoms with E-state index < -0.39 is 11.9 Å². The molecule has 7 nitrogen and oxygen atoms in total. The minimum atomic E-state index is -1.21. The summed E-state index contributed by atoms with van der Waals surface area (Å²) in [6, 6.07) is 0. The molecule has 0 aliphatic heterocycles. The van der Waals surface area contributed by atoms with Crippen LogP contribution in [0.3, 0.4) is 0 Å². The molecular formula is C6H5N3O4. The van der Waals surface area contributed by atoms with Gasteiger partial charge in [-0.1, -0.05) is 5.21 Å². The topological polar surface area (TPSA) is 105 Å². The highest BCUT2D eigenvalue weighted by Gasteiger charge is 2.06. The number of carboxylic acid groups (broad SMARTS) is 2. The van der Waals surface area contributed by atoms with Crippen LogP contribution in [0.5, 0.6) is 0 Å². The zero-order valence-electron chi connectivity index (χ0n) is 6.28. The fourth-order valence-corrected chi connectivity index (χ4v) is 0.588. The second kappa shape index (κ2) is 3.48. The van der Waals surface area contributed by atoms with Gasteiger partial charge in [-0.15, -0.1) is 5.10 Å². The first-order valence-corrected chi connectivity index (χ1v) is 3.16. The number of rotatable bonds is 3. The third-order valence-corrected chi connectivity index (χ3v) is 1.10. The molecule has 0 aromatic carbocycles. The van der Waals surface area contributed by atoms with E-state index in [1.807, 2.05) is 0 Å². The molecular weight excluding hydrogens is 178 g/mol. The fourth-order valence-electron chi connectivity index (χ4n) is 0.588. The van der Waals surface area contributed by atoms with Crippen molar-refractivity contribution in [2.24, 2.45) is 0 Å². The first-order chi connectivity index (χ1) is 6.09. The number of hydrogen-bond acceptors (Lipinski definition) is 4. The maximum atomic E-state index is 10.3. The molecule has 0 spiro atoms. The Bertz CT molecular complexity index is 368. The van der Waals surface area contributed by atoms with Gasteiger partial charge in [0.05, 0.1) is 6.20 Å². The van der Waals surface area contributed by atoms with Crippen LogP contribution >= 0.6 is 0 Å². The minimum Gasteiger partial charge on any atom is -0.478 e. The lowest BCUT2D eigenvalue weighted by Gasteiger charge is -1.84. The van der Waals surface area contributed by atoms with Crippen LogP contribution in [-0.2, 0) is 4.79 Å². The summed E-state index contributed by atoms with van der Waals surface area (Å²) < 4.78 is 0.998. The van der Waals surface area contributed by atoms with Crippen molar-refractivity contribution in [1.82, 2.24) is 15.0 Å². The maximum Gasteiger partial charge on any atom is 0.358 e. The summed E-state index contributed by atoms with van der Waals surface area (Å²) in [5.41, 5.74) is -0.241. The quantitative estimate of drug-likeness (QED) is 0.613. The Morgan fingerprint density at radius 3 is 2.62 bits per heavy atom. The molecule has 0 saturated carbocycles. The van der Waals surface area contributed by atoms with Gasteiger partial charge in [-0.2, -0.15) is 0 Å². The first-order valence-electron chi connectivity index (χ1n) is 3.16. The van der Waals surface area contributed by atoms with Crippen molar-refractivity contribution in [1.29, 1.82) is 0 Å². The lowest BCUT2D eigenvalue weighted by atomic mass is 10.5. The molecule has 0 amide bonds. The van der Waals surface area contributed by atoms with E-state index in [0.29, 0.717) is 0 Å². The zero-order valence-corrected chi connectivity index (χ0v) is 6.28. The molecule has 0 atom stereocenters. The van der Waals surface area contributed by atoms with E-state index in [-0.39, 0.29) is 5.69 Å². The highest BCUT2D eigenvalue weighted by atomic mass is 16.4. The Labute approximate surface area is 71.9 Å². The zero-order chi connectivity index (χ0) is 9.84. The molecule has 13 heavy (non-hydrogen) atoms. The van der Waals surface area contributed by atoms with Gasteiger partial charge in [0.25, 0.3) is 0 Å². The second-order valence-corrected chi connectivity index (χ2v) is 2.04. The highest BCUT2D eigenvalue weighted by molar-refractivity contribution is 5.85. The van der Waals surface area contributed by atoms with Crippen LogP contribution in [0.4, 0.5) is 0 Å². The number of aliphatic carboxylic acids is 1. The van der Waals surface area contributed by atoms with Gasteiger partial charge in [0, 0.05) is 12.3 Å². The van der Waals surface area contributed by atoms with E-state index in [1.165, 1.54) is 0 Å². The van der Waals surface area contributed by atoms with Crippen molar-refractivity contribution in [2.75, 3.05) is 0 Å². The van der Waals surface area contributed by atoms with Gasteiger partial charge in [-0.05, 0) is 0 Å². The number of aromatic nitrogens is 3. The maximum absolute atomic E-state index is 10.3. The van der Waals surface area contributed by atoms with Gasteiger partial charge in [0.2, 0.25) is 0 Å². The molecule has 0 saturated heterocycles. The molecule has 0 aliphatic carbocycles. The van der Waals surface area contributed by atoms with E-state index in [4.69, 9.17) is 10.2 Å². The van der Waals surface area contributed by atoms with Crippen LogP contribution in [0.25, 0.3) is 6.20 Å². The molecule has 1 aromatic rings. The molecule has 1 rings (SSSR count). The van der Waals surface area contributed by atoms with Crippen molar-refractivity contribution >= 4 is 18.1 Å². The summed E-state index contributed by atoms with van der Waals surface area (Å²) in [6.45, 7) is 0. The van der Waals surface area contributed by atoms with Gasteiger partial charge in [0.15, 0.2) is 5.69 Å². The Morgan fingerprint density at radius 2 is 2.15 bits per heavy atom. The minimum absolute atomic E-state index is 0.241. The average Bonchev–Trinajstić information content (AvgIpc) is 2.48. The third-order valence-electron chi connectivity index (χ3n) is 1.10. The van der Waals surface area contributed by atoms with Crippen LogP contribution in [0, 0.1) is 0 Å². The number of aromatic carboxylic acids is 1. The highest BCUT2D eigenvalue weighted by Crippen LogP contribution is 1.92. The summed E-state index contributed by atoms with van der Waals surface area (Å²) in [5, 5.41) is 23.3. The normalized spacial score (nSPS) is 10.5. The molecule has 0 radical (unpaired) electrons.